The second-order valence-corrected chi connectivity index (χ2v) is 6.26. The fourth-order valence-corrected chi connectivity index (χ4v) is 2.72. The van der Waals surface area contributed by atoms with E-state index in [1.807, 2.05) is 24.3 Å². The van der Waals surface area contributed by atoms with Crippen molar-refractivity contribution >= 4 is 5.69 Å². The van der Waals surface area contributed by atoms with Crippen LogP contribution < -0.4 is 4.74 Å². The van der Waals surface area contributed by atoms with Crippen molar-refractivity contribution < 1.29 is 14.8 Å². The van der Waals surface area contributed by atoms with Crippen molar-refractivity contribution in [2.75, 3.05) is 0 Å². The molecule has 5 nitrogen and oxygen atoms in total. The largest absolute Gasteiger partial charge is 0.502 e. The Morgan fingerprint density at radius 3 is 2.40 bits per heavy atom. The molecule has 0 aliphatic rings. The molecule has 0 fully saturated rings. The van der Waals surface area contributed by atoms with E-state index in [2.05, 4.69) is 13.8 Å². The molecule has 0 aliphatic carbocycles. The van der Waals surface area contributed by atoms with Gasteiger partial charge in [-0.3, -0.25) is 10.1 Å². The lowest BCUT2D eigenvalue weighted by Crippen LogP contribution is -2.11. The maximum atomic E-state index is 10.9. The summed E-state index contributed by atoms with van der Waals surface area (Å²) >= 11 is 0. The van der Waals surface area contributed by atoms with Crippen molar-refractivity contribution in [3.8, 4) is 22.6 Å². The standard InChI is InChI=1S/C20H25NO4/c1-3-4-5-6-7-15(2)25-18-11-8-16(9-12-18)17-10-13-20(22)19(14-17)21(23)24/h8-15,22H,3-7H2,1-2H3/t15-/m0/s1. The van der Waals surface area contributed by atoms with Gasteiger partial charge in [0.1, 0.15) is 5.75 Å². The molecule has 0 amide bonds. The third-order valence-electron chi connectivity index (χ3n) is 4.16. The number of nitro groups is 1. The van der Waals surface area contributed by atoms with Gasteiger partial charge in [-0.2, -0.15) is 0 Å². The number of unbranched alkanes of at least 4 members (excludes halogenated alkanes) is 3. The maximum Gasteiger partial charge on any atom is 0.311 e. The summed E-state index contributed by atoms with van der Waals surface area (Å²) in [5.41, 5.74) is 1.23. The molecule has 2 aromatic rings. The smallest absolute Gasteiger partial charge is 0.311 e. The van der Waals surface area contributed by atoms with Crippen LogP contribution in [0.2, 0.25) is 0 Å². The summed E-state index contributed by atoms with van der Waals surface area (Å²) in [4.78, 5) is 10.3. The second-order valence-electron chi connectivity index (χ2n) is 6.26. The molecule has 1 N–H and O–H groups in total. The van der Waals surface area contributed by atoms with Crippen LogP contribution in [0, 0.1) is 10.1 Å². The molecular formula is C20H25NO4. The first-order chi connectivity index (χ1) is 12.0. The average molecular weight is 343 g/mol. The predicted octanol–water partition coefficient (Wildman–Crippen LogP) is 5.71. The van der Waals surface area contributed by atoms with Crippen LogP contribution in [-0.4, -0.2) is 16.1 Å². The van der Waals surface area contributed by atoms with Gasteiger partial charge < -0.3 is 9.84 Å². The maximum absolute atomic E-state index is 10.9. The third kappa shape index (κ3) is 5.48. The summed E-state index contributed by atoms with van der Waals surface area (Å²) in [5, 5.41) is 20.5. The summed E-state index contributed by atoms with van der Waals surface area (Å²) in [6.07, 6.45) is 6.10. The number of nitrogens with zero attached hydrogens (tertiary/aromatic N) is 1. The highest BCUT2D eigenvalue weighted by Gasteiger charge is 2.14. The number of phenolic OH excluding ortho intramolecular Hbond substituents is 1. The van der Waals surface area contributed by atoms with Crippen LogP contribution in [0.1, 0.15) is 46.0 Å². The molecule has 0 aromatic heterocycles. The number of aromatic hydroxyl groups is 1. The number of nitro benzene ring substituents is 1. The molecule has 0 spiro atoms. The number of hydrogen-bond donors (Lipinski definition) is 1. The highest BCUT2D eigenvalue weighted by molar-refractivity contribution is 5.69. The molecule has 134 valence electrons. The number of phenols is 1. The van der Waals surface area contributed by atoms with Crippen molar-refractivity contribution in [2.24, 2.45) is 0 Å². The molecule has 2 aromatic carbocycles. The van der Waals surface area contributed by atoms with Crippen LogP contribution >= 0.6 is 0 Å². The quantitative estimate of drug-likeness (QED) is 0.360. The van der Waals surface area contributed by atoms with Gasteiger partial charge in [-0.25, -0.2) is 0 Å². The van der Waals surface area contributed by atoms with Crippen LogP contribution in [0.25, 0.3) is 11.1 Å². The first-order valence-corrected chi connectivity index (χ1v) is 8.75. The zero-order chi connectivity index (χ0) is 18.2. The van der Waals surface area contributed by atoms with Crippen LogP contribution in [0.5, 0.6) is 11.5 Å². The number of rotatable bonds is 9. The molecule has 0 heterocycles. The summed E-state index contributed by atoms with van der Waals surface area (Å²) in [6.45, 7) is 4.27. The Morgan fingerprint density at radius 2 is 1.76 bits per heavy atom. The van der Waals surface area contributed by atoms with Crippen LogP contribution in [-0.2, 0) is 0 Å². The van der Waals surface area contributed by atoms with Gasteiger partial charge in [0, 0.05) is 6.07 Å². The Kier molecular flexibility index (Phi) is 6.81. The van der Waals surface area contributed by atoms with Gasteiger partial charge in [0.15, 0.2) is 5.75 Å². The molecule has 0 bridgehead atoms. The van der Waals surface area contributed by atoms with Gasteiger partial charge in [-0.15, -0.1) is 0 Å². The van der Waals surface area contributed by atoms with Crippen molar-refractivity contribution in [3.05, 3.63) is 52.6 Å². The van der Waals surface area contributed by atoms with Gasteiger partial charge in [0.05, 0.1) is 11.0 Å². The molecule has 2 rings (SSSR count). The number of ether oxygens (including phenoxy) is 1. The summed E-state index contributed by atoms with van der Waals surface area (Å²) < 4.78 is 5.92. The van der Waals surface area contributed by atoms with Crippen LogP contribution in [0.3, 0.4) is 0 Å². The van der Waals surface area contributed by atoms with Crippen LogP contribution in [0.15, 0.2) is 42.5 Å². The van der Waals surface area contributed by atoms with Crippen molar-refractivity contribution in [3.63, 3.8) is 0 Å². The first kappa shape index (κ1) is 18.8. The SMILES string of the molecule is CCCCCC[C@H](C)Oc1ccc(-c2ccc(O)c([N+](=O)[O-])c2)cc1. The lowest BCUT2D eigenvalue weighted by molar-refractivity contribution is -0.385. The molecule has 0 unspecified atom stereocenters. The van der Waals surface area contributed by atoms with Gasteiger partial charge in [0.25, 0.3) is 0 Å². The van der Waals surface area contributed by atoms with E-state index >= 15 is 0 Å². The molecule has 0 radical (unpaired) electrons. The summed E-state index contributed by atoms with van der Waals surface area (Å²) in [5.74, 6) is 0.464. The van der Waals surface area contributed by atoms with E-state index in [-0.39, 0.29) is 17.5 Å². The second kappa shape index (κ2) is 9.06. The Hall–Kier alpha value is -2.56. The highest BCUT2D eigenvalue weighted by Crippen LogP contribution is 2.32. The summed E-state index contributed by atoms with van der Waals surface area (Å²) in [7, 11) is 0. The zero-order valence-electron chi connectivity index (χ0n) is 14.8. The van der Waals surface area contributed by atoms with Crippen molar-refractivity contribution in [1.82, 2.24) is 0 Å². The van der Waals surface area contributed by atoms with E-state index in [1.165, 1.54) is 37.8 Å². The van der Waals surface area contributed by atoms with E-state index in [1.54, 1.807) is 6.07 Å². The first-order valence-electron chi connectivity index (χ1n) is 8.75. The number of benzene rings is 2. The van der Waals surface area contributed by atoms with Crippen molar-refractivity contribution in [2.45, 2.75) is 52.1 Å². The molecule has 25 heavy (non-hydrogen) atoms. The Balaban J connectivity index is 2.00. The molecular weight excluding hydrogens is 318 g/mol. The summed E-state index contributed by atoms with van der Waals surface area (Å²) in [6, 6.07) is 11.9. The third-order valence-corrected chi connectivity index (χ3v) is 4.16. The molecule has 0 aliphatic heterocycles. The Morgan fingerprint density at radius 1 is 1.08 bits per heavy atom. The fraction of sp³-hybridized carbons (Fsp3) is 0.400. The molecule has 5 heteroatoms. The fourth-order valence-electron chi connectivity index (χ4n) is 2.72. The van der Waals surface area contributed by atoms with E-state index in [0.29, 0.717) is 5.56 Å². The molecule has 0 saturated carbocycles. The minimum absolute atomic E-state index is 0.164. The van der Waals surface area contributed by atoms with E-state index in [9.17, 15) is 15.2 Å². The predicted molar refractivity (Wildman–Crippen MR) is 99.0 cm³/mol. The lowest BCUT2D eigenvalue weighted by Gasteiger charge is -2.15. The van der Waals surface area contributed by atoms with Crippen LogP contribution in [0.4, 0.5) is 5.69 Å². The highest BCUT2D eigenvalue weighted by atomic mass is 16.6. The minimum atomic E-state index is -0.587. The van der Waals surface area contributed by atoms with Gasteiger partial charge in [0.2, 0.25) is 0 Å². The van der Waals surface area contributed by atoms with Gasteiger partial charge in [-0.05, 0) is 49.1 Å². The Bertz CT molecular complexity index is 697. The number of hydrogen-bond acceptors (Lipinski definition) is 4. The van der Waals surface area contributed by atoms with Crippen molar-refractivity contribution in [1.29, 1.82) is 0 Å². The van der Waals surface area contributed by atoms with Gasteiger partial charge >= 0.3 is 5.69 Å². The van der Waals surface area contributed by atoms with E-state index in [0.717, 1.165) is 17.7 Å². The van der Waals surface area contributed by atoms with E-state index < -0.39 is 4.92 Å². The zero-order valence-corrected chi connectivity index (χ0v) is 14.8. The lowest BCUT2D eigenvalue weighted by atomic mass is 10.0. The minimum Gasteiger partial charge on any atom is -0.502 e. The monoisotopic (exact) mass is 343 g/mol. The normalized spacial score (nSPS) is 11.9. The van der Waals surface area contributed by atoms with Gasteiger partial charge in [-0.1, -0.05) is 44.4 Å². The molecule has 0 saturated heterocycles. The topological polar surface area (TPSA) is 72.6 Å². The Labute approximate surface area is 148 Å². The van der Waals surface area contributed by atoms with E-state index in [4.69, 9.17) is 4.74 Å². The average Bonchev–Trinajstić information content (AvgIpc) is 2.60. The molecule has 1 atom stereocenters.